The Labute approximate surface area is 160 Å². The zero-order valence-corrected chi connectivity index (χ0v) is 16.0. The number of amides is 1. The molecule has 1 aromatic carbocycles. The maximum atomic E-state index is 11.9. The number of benzene rings is 1. The van der Waals surface area contributed by atoms with Gasteiger partial charge in [0.15, 0.2) is 11.7 Å². The van der Waals surface area contributed by atoms with Crippen LogP contribution in [0.15, 0.2) is 52.1 Å². The molecule has 2 rings (SSSR count). The third-order valence-electron chi connectivity index (χ3n) is 3.87. The smallest absolute Gasteiger partial charge is 0.287 e. The Morgan fingerprint density at radius 2 is 1.81 bits per heavy atom. The summed E-state index contributed by atoms with van der Waals surface area (Å²) in [4.78, 5) is 16.1. The Balaban J connectivity index is 1.51. The number of carbonyl (C=O) groups excluding carboxylic acids is 1. The van der Waals surface area contributed by atoms with Crippen molar-refractivity contribution in [3.63, 3.8) is 0 Å². The molecule has 0 aliphatic heterocycles. The van der Waals surface area contributed by atoms with E-state index >= 15 is 0 Å². The van der Waals surface area contributed by atoms with E-state index in [0.29, 0.717) is 44.6 Å². The average molecular weight is 372 g/mol. The van der Waals surface area contributed by atoms with Crippen molar-refractivity contribution in [2.45, 2.75) is 20.0 Å². The number of hydrogen-bond acceptors (Lipinski definition) is 4. The van der Waals surface area contributed by atoms with Crippen LogP contribution in [-0.4, -0.2) is 45.2 Å². The molecule has 0 saturated carbocycles. The van der Waals surface area contributed by atoms with Crippen LogP contribution in [0.4, 0.5) is 0 Å². The second kappa shape index (κ2) is 11.7. The highest BCUT2D eigenvalue weighted by Crippen LogP contribution is 2.07. The highest BCUT2D eigenvalue weighted by molar-refractivity contribution is 5.92. The third-order valence-corrected chi connectivity index (χ3v) is 3.87. The molecule has 0 saturated heterocycles. The zero-order valence-electron chi connectivity index (χ0n) is 16.0. The summed E-state index contributed by atoms with van der Waals surface area (Å²) in [6.45, 7) is 4.96. The number of furan rings is 1. The van der Waals surface area contributed by atoms with Gasteiger partial charge >= 0.3 is 0 Å². The largest absolute Gasteiger partial charge is 0.459 e. The number of aliphatic imine (C=N–C) groups is 1. The predicted octanol–water partition coefficient (Wildman–Crippen LogP) is 2.09. The third kappa shape index (κ3) is 7.53. The molecular formula is C20H28N4O3. The molecule has 1 heterocycles. The number of carbonyl (C=O) groups is 1. The molecule has 0 bridgehead atoms. The van der Waals surface area contributed by atoms with Crippen molar-refractivity contribution in [1.82, 2.24) is 16.0 Å². The van der Waals surface area contributed by atoms with Crippen molar-refractivity contribution in [2.75, 3.05) is 33.3 Å². The molecular weight excluding hydrogens is 344 g/mol. The van der Waals surface area contributed by atoms with Gasteiger partial charge in [0.25, 0.3) is 5.91 Å². The lowest BCUT2D eigenvalue weighted by atomic mass is 10.2. The molecule has 2 aromatic rings. The molecule has 27 heavy (non-hydrogen) atoms. The van der Waals surface area contributed by atoms with Gasteiger partial charge in [-0.05, 0) is 25.0 Å². The molecule has 1 amide bonds. The summed E-state index contributed by atoms with van der Waals surface area (Å²) < 4.78 is 10.8. The van der Waals surface area contributed by atoms with Crippen molar-refractivity contribution in [1.29, 1.82) is 0 Å². The van der Waals surface area contributed by atoms with Crippen molar-refractivity contribution in [2.24, 2.45) is 4.99 Å². The van der Waals surface area contributed by atoms with Crippen LogP contribution in [0.3, 0.4) is 0 Å². The molecule has 7 nitrogen and oxygen atoms in total. The van der Waals surface area contributed by atoms with Gasteiger partial charge in [0, 0.05) is 32.2 Å². The predicted molar refractivity (Wildman–Crippen MR) is 106 cm³/mol. The highest BCUT2D eigenvalue weighted by atomic mass is 16.5. The molecule has 0 unspecified atom stereocenters. The Kier molecular flexibility index (Phi) is 8.92. The Morgan fingerprint density at radius 3 is 2.52 bits per heavy atom. The van der Waals surface area contributed by atoms with Crippen molar-refractivity contribution >= 4 is 11.9 Å². The SMILES string of the molecule is CN=C(NCCCNC(=O)c1occc1C)NCCOCc1ccccc1. The summed E-state index contributed by atoms with van der Waals surface area (Å²) >= 11 is 0. The quantitative estimate of drug-likeness (QED) is 0.338. The van der Waals surface area contributed by atoms with Crippen LogP contribution in [0, 0.1) is 6.92 Å². The summed E-state index contributed by atoms with van der Waals surface area (Å²) in [7, 11) is 1.72. The Bertz CT molecular complexity index is 713. The van der Waals surface area contributed by atoms with Crippen LogP contribution in [-0.2, 0) is 11.3 Å². The number of hydrogen-bond donors (Lipinski definition) is 3. The van der Waals surface area contributed by atoms with Crippen molar-refractivity contribution in [3.05, 3.63) is 59.5 Å². The fourth-order valence-corrected chi connectivity index (χ4v) is 2.41. The standard InChI is InChI=1S/C20H28N4O3/c1-16-9-13-27-18(16)19(25)22-10-6-11-23-20(21-2)24-12-14-26-15-17-7-4-3-5-8-17/h3-5,7-9,13H,6,10-12,14-15H2,1-2H3,(H,22,25)(H2,21,23,24). The van der Waals surface area contributed by atoms with Gasteiger partial charge in [-0.2, -0.15) is 0 Å². The normalized spacial score (nSPS) is 11.3. The minimum absolute atomic E-state index is 0.185. The minimum Gasteiger partial charge on any atom is -0.459 e. The highest BCUT2D eigenvalue weighted by Gasteiger charge is 2.11. The molecule has 0 aliphatic carbocycles. The van der Waals surface area contributed by atoms with Gasteiger partial charge in [-0.25, -0.2) is 0 Å². The summed E-state index contributed by atoms with van der Waals surface area (Å²) in [5.74, 6) is 0.901. The molecule has 0 radical (unpaired) electrons. The Morgan fingerprint density at radius 1 is 1.07 bits per heavy atom. The first kappa shape index (κ1) is 20.5. The lowest BCUT2D eigenvalue weighted by molar-refractivity contribution is 0.0925. The first-order valence-corrected chi connectivity index (χ1v) is 9.09. The molecule has 146 valence electrons. The maximum Gasteiger partial charge on any atom is 0.287 e. The first-order chi connectivity index (χ1) is 13.2. The van der Waals surface area contributed by atoms with Gasteiger partial charge in [0.1, 0.15) is 0 Å². The van der Waals surface area contributed by atoms with E-state index in [0.717, 1.165) is 17.5 Å². The number of nitrogens with one attached hydrogen (secondary N) is 3. The van der Waals surface area contributed by atoms with Crippen molar-refractivity contribution in [3.8, 4) is 0 Å². The van der Waals surface area contributed by atoms with E-state index in [1.54, 1.807) is 13.1 Å². The number of ether oxygens (including phenoxy) is 1. The lowest BCUT2D eigenvalue weighted by Gasteiger charge is -2.12. The van der Waals surface area contributed by atoms with E-state index in [1.807, 2.05) is 37.3 Å². The van der Waals surface area contributed by atoms with Crippen LogP contribution >= 0.6 is 0 Å². The maximum absolute atomic E-state index is 11.9. The van der Waals surface area contributed by atoms with E-state index in [2.05, 4.69) is 20.9 Å². The lowest BCUT2D eigenvalue weighted by Crippen LogP contribution is -2.40. The van der Waals surface area contributed by atoms with E-state index in [1.165, 1.54) is 6.26 Å². The van der Waals surface area contributed by atoms with Gasteiger partial charge < -0.3 is 25.1 Å². The van der Waals surface area contributed by atoms with E-state index < -0.39 is 0 Å². The molecule has 0 atom stereocenters. The van der Waals surface area contributed by atoms with E-state index in [-0.39, 0.29) is 5.91 Å². The minimum atomic E-state index is -0.185. The number of guanidine groups is 1. The Hall–Kier alpha value is -2.80. The summed E-state index contributed by atoms with van der Waals surface area (Å²) in [5, 5.41) is 9.24. The van der Waals surface area contributed by atoms with E-state index in [4.69, 9.17) is 9.15 Å². The molecule has 7 heteroatoms. The van der Waals surface area contributed by atoms with Gasteiger partial charge in [-0.3, -0.25) is 9.79 Å². The number of aryl methyl sites for hydroxylation is 1. The summed E-state index contributed by atoms with van der Waals surface area (Å²) in [6.07, 6.45) is 2.29. The van der Waals surface area contributed by atoms with Crippen LogP contribution < -0.4 is 16.0 Å². The van der Waals surface area contributed by atoms with Gasteiger partial charge in [-0.15, -0.1) is 0 Å². The summed E-state index contributed by atoms with van der Waals surface area (Å²) in [6, 6.07) is 11.8. The van der Waals surface area contributed by atoms with Crippen LogP contribution in [0.5, 0.6) is 0 Å². The average Bonchev–Trinajstić information content (AvgIpc) is 3.12. The van der Waals surface area contributed by atoms with Gasteiger partial charge in [-0.1, -0.05) is 30.3 Å². The fraction of sp³-hybridized carbons (Fsp3) is 0.400. The summed E-state index contributed by atoms with van der Waals surface area (Å²) in [5.41, 5.74) is 2.00. The number of nitrogens with zero attached hydrogens (tertiary/aromatic N) is 1. The molecule has 1 aromatic heterocycles. The molecule has 0 fully saturated rings. The van der Waals surface area contributed by atoms with Gasteiger partial charge in [0.05, 0.1) is 19.5 Å². The fourth-order valence-electron chi connectivity index (χ4n) is 2.41. The first-order valence-electron chi connectivity index (χ1n) is 9.09. The van der Waals surface area contributed by atoms with Crippen LogP contribution in [0.2, 0.25) is 0 Å². The second-order valence-electron chi connectivity index (χ2n) is 6.01. The topological polar surface area (TPSA) is 87.9 Å². The van der Waals surface area contributed by atoms with Crippen LogP contribution in [0.1, 0.15) is 28.1 Å². The van der Waals surface area contributed by atoms with Crippen molar-refractivity contribution < 1.29 is 13.9 Å². The van der Waals surface area contributed by atoms with Crippen LogP contribution in [0.25, 0.3) is 0 Å². The van der Waals surface area contributed by atoms with Gasteiger partial charge in [0.2, 0.25) is 0 Å². The molecule has 3 N–H and O–H groups in total. The number of rotatable bonds is 10. The monoisotopic (exact) mass is 372 g/mol. The van der Waals surface area contributed by atoms with E-state index in [9.17, 15) is 4.79 Å². The molecule has 0 spiro atoms. The second-order valence-corrected chi connectivity index (χ2v) is 6.01. The molecule has 0 aliphatic rings. The zero-order chi connectivity index (χ0) is 19.3.